The number of fused-ring (bicyclic) bond motifs is 1. The first-order valence-electron chi connectivity index (χ1n) is 5.49. The van der Waals surface area contributed by atoms with E-state index in [1.54, 1.807) is 0 Å². The third-order valence-electron chi connectivity index (χ3n) is 4.22. The van der Waals surface area contributed by atoms with E-state index >= 15 is 0 Å². The Morgan fingerprint density at radius 1 is 1.19 bits per heavy atom. The summed E-state index contributed by atoms with van der Waals surface area (Å²) in [5, 5.41) is 4.96. The van der Waals surface area contributed by atoms with E-state index in [9.17, 15) is 0 Å². The zero-order chi connectivity index (χ0) is 11.6. The molecule has 1 aromatic rings. The lowest BCUT2D eigenvalue weighted by atomic mass is 10.0. The molecule has 1 saturated carbocycles. The lowest BCUT2D eigenvalue weighted by molar-refractivity contribution is 0.0323. The SMILES string of the molecule is CC1(C)C2C(c3ccc(Cl)cc3)=NOC21C. The molecule has 2 atom stereocenters. The summed E-state index contributed by atoms with van der Waals surface area (Å²) in [6.07, 6.45) is 0. The van der Waals surface area contributed by atoms with Crippen molar-refractivity contribution in [2.45, 2.75) is 26.4 Å². The van der Waals surface area contributed by atoms with Gasteiger partial charge in [-0.3, -0.25) is 0 Å². The van der Waals surface area contributed by atoms with Crippen LogP contribution in [0.3, 0.4) is 0 Å². The van der Waals surface area contributed by atoms with Gasteiger partial charge in [0.15, 0.2) is 0 Å². The summed E-state index contributed by atoms with van der Waals surface area (Å²) in [5.41, 5.74) is 2.25. The molecule has 1 aliphatic heterocycles. The van der Waals surface area contributed by atoms with Crippen LogP contribution in [0.15, 0.2) is 29.4 Å². The van der Waals surface area contributed by atoms with E-state index in [0.29, 0.717) is 5.92 Å². The third kappa shape index (κ3) is 1.06. The number of hydrogen-bond acceptors (Lipinski definition) is 2. The predicted molar refractivity (Wildman–Crippen MR) is 64.8 cm³/mol. The van der Waals surface area contributed by atoms with Gasteiger partial charge in [-0.05, 0) is 24.6 Å². The molecule has 3 rings (SSSR count). The van der Waals surface area contributed by atoms with Gasteiger partial charge in [-0.25, -0.2) is 0 Å². The van der Waals surface area contributed by atoms with E-state index in [4.69, 9.17) is 16.4 Å². The number of benzene rings is 1. The van der Waals surface area contributed by atoms with E-state index in [0.717, 1.165) is 16.3 Å². The highest BCUT2D eigenvalue weighted by Crippen LogP contribution is 2.67. The Balaban J connectivity index is 1.97. The fourth-order valence-corrected chi connectivity index (χ4v) is 2.88. The van der Waals surface area contributed by atoms with Crippen LogP contribution in [0.2, 0.25) is 5.02 Å². The van der Waals surface area contributed by atoms with E-state index in [-0.39, 0.29) is 11.0 Å². The first-order chi connectivity index (χ1) is 7.47. The van der Waals surface area contributed by atoms with Crippen LogP contribution in [0, 0.1) is 11.3 Å². The van der Waals surface area contributed by atoms with Crippen molar-refractivity contribution in [1.82, 2.24) is 0 Å². The fourth-order valence-electron chi connectivity index (χ4n) is 2.75. The van der Waals surface area contributed by atoms with Crippen LogP contribution in [-0.4, -0.2) is 11.3 Å². The van der Waals surface area contributed by atoms with Gasteiger partial charge in [0.05, 0.1) is 11.6 Å². The van der Waals surface area contributed by atoms with Crippen LogP contribution >= 0.6 is 11.6 Å². The molecule has 1 aliphatic carbocycles. The first kappa shape index (κ1) is 10.2. The number of halogens is 1. The minimum Gasteiger partial charge on any atom is -0.388 e. The molecule has 0 aromatic heterocycles. The number of nitrogens with zero attached hydrogens (tertiary/aromatic N) is 1. The highest BCUT2D eigenvalue weighted by Gasteiger charge is 2.76. The zero-order valence-electron chi connectivity index (χ0n) is 9.62. The molecule has 3 heteroatoms. The van der Waals surface area contributed by atoms with Gasteiger partial charge in [-0.2, -0.15) is 0 Å². The van der Waals surface area contributed by atoms with E-state index in [1.807, 2.05) is 24.3 Å². The molecule has 2 unspecified atom stereocenters. The summed E-state index contributed by atoms with van der Waals surface area (Å²) in [5.74, 6) is 0.404. The van der Waals surface area contributed by atoms with Crippen molar-refractivity contribution in [2.24, 2.45) is 16.5 Å². The number of oxime groups is 1. The van der Waals surface area contributed by atoms with Crippen molar-refractivity contribution in [2.75, 3.05) is 0 Å². The normalized spacial score (nSPS) is 34.0. The molecule has 0 saturated heterocycles. The van der Waals surface area contributed by atoms with Crippen LogP contribution in [0.1, 0.15) is 26.3 Å². The summed E-state index contributed by atoms with van der Waals surface area (Å²) < 4.78 is 0. The zero-order valence-corrected chi connectivity index (χ0v) is 10.4. The minimum atomic E-state index is -0.109. The fraction of sp³-hybridized carbons (Fsp3) is 0.462. The Kier molecular flexibility index (Phi) is 1.78. The van der Waals surface area contributed by atoms with Crippen molar-refractivity contribution < 1.29 is 4.84 Å². The molecule has 1 fully saturated rings. The molecule has 84 valence electrons. The number of hydrogen-bond donors (Lipinski definition) is 0. The molecule has 0 amide bonds. The summed E-state index contributed by atoms with van der Waals surface area (Å²) in [4.78, 5) is 5.58. The Morgan fingerprint density at radius 3 is 2.31 bits per heavy atom. The lowest BCUT2D eigenvalue weighted by Gasteiger charge is -2.11. The molecule has 1 heterocycles. The molecule has 16 heavy (non-hydrogen) atoms. The predicted octanol–water partition coefficient (Wildman–Crippen LogP) is 3.49. The van der Waals surface area contributed by atoms with Crippen LogP contribution < -0.4 is 0 Å². The average Bonchev–Trinajstić information content (AvgIpc) is 2.58. The van der Waals surface area contributed by atoms with Crippen LogP contribution in [0.25, 0.3) is 0 Å². The van der Waals surface area contributed by atoms with Crippen molar-refractivity contribution in [3.8, 4) is 0 Å². The molecule has 2 aliphatic rings. The van der Waals surface area contributed by atoms with Crippen molar-refractivity contribution in [3.05, 3.63) is 34.9 Å². The van der Waals surface area contributed by atoms with Crippen LogP contribution in [0.5, 0.6) is 0 Å². The highest BCUT2D eigenvalue weighted by atomic mass is 35.5. The molecule has 0 spiro atoms. The second kappa shape index (κ2) is 2.80. The van der Waals surface area contributed by atoms with Crippen molar-refractivity contribution >= 4 is 17.3 Å². The summed E-state index contributed by atoms with van der Waals surface area (Å²) >= 11 is 5.88. The van der Waals surface area contributed by atoms with Gasteiger partial charge < -0.3 is 4.84 Å². The second-order valence-electron chi connectivity index (χ2n) is 5.34. The first-order valence-corrected chi connectivity index (χ1v) is 5.86. The highest BCUT2D eigenvalue weighted by molar-refractivity contribution is 6.30. The maximum Gasteiger partial charge on any atom is 0.149 e. The van der Waals surface area contributed by atoms with Gasteiger partial charge in [-0.1, -0.05) is 42.7 Å². The van der Waals surface area contributed by atoms with Gasteiger partial charge in [0, 0.05) is 10.4 Å². The van der Waals surface area contributed by atoms with Gasteiger partial charge in [-0.15, -0.1) is 0 Å². The van der Waals surface area contributed by atoms with E-state index < -0.39 is 0 Å². The van der Waals surface area contributed by atoms with Gasteiger partial charge in [0.25, 0.3) is 0 Å². The Hall–Kier alpha value is -1.02. The largest absolute Gasteiger partial charge is 0.388 e. The maximum atomic E-state index is 5.88. The Morgan fingerprint density at radius 2 is 1.81 bits per heavy atom. The Bertz CT molecular complexity index is 477. The van der Waals surface area contributed by atoms with Crippen molar-refractivity contribution in [1.29, 1.82) is 0 Å². The Labute approximate surface area is 100 Å². The second-order valence-corrected chi connectivity index (χ2v) is 5.77. The van der Waals surface area contributed by atoms with Gasteiger partial charge in [0.2, 0.25) is 0 Å². The number of rotatable bonds is 1. The average molecular weight is 236 g/mol. The third-order valence-corrected chi connectivity index (χ3v) is 4.47. The maximum absolute atomic E-state index is 5.88. The molecule has 0 N–H and O–H groups in total. The molecule has 0 radical (unpaired) electrons. The summed E-state index contributed by atoms with van der Waals surface area (Å²) in [7, 11) is 0. The van der Waals surface area contributed by atoms with Crippen LogP contribution in [0.4, 0.5) is 0 Å². The van der Waals surface area contributed by atoms with Crippen molar-refractivity contribution in [3.63, 3.8) is 0 Å². The molecule has 1 aromatic carbocycles. The van der Waals surface area contributed by atoms with Crippen LogP contribution in [-0.2, 0) is 4.84 Å². The van der Waals surface area contributed by atoms with E-state index in [2.05, 4.69) is 25.9 Å². The summed E-state index contributed by atoms with van der Waals surface area (Å²) in [6.45, 7) is 6.58. The monoisotopic (exact) mass is 235 g/mol. The quantitative estimate of drug-likeness (QED) is 0.730. The smallest absolute Gasteiger partial charge is 0.149 e. The van der Waals surface area contributed by atoms with E-state index in [1.165, 1.54) is 0 Å². The molecular weight excluding hydrogens is 222 g/mol. The lowest BCUT2D eigenvalue weighted by Crippen LogP contribution is -2.12. The van der Waals surface area contributed by atoms with Gasteiger partial charge >= 0.3 is 0 Å². The molecular formula is C13H14ClNO. The summed E-state index contributed by atoms with van der Waals surface area (Å²) in [6, 6.07) is 7.80. The standard InChI is InChI=1S/C13H14ClNO/c1-12(2)11-10(15-16-13(11,12)3)8-4-6-9(14)7-5-8/h4-7,11H,1-3H3. The van der Waals surface area contributed by atoms with Gasteiger partial charge in [0.1, 0.15) is 5.60 Å². The topological polar surface area (TPSA) is 21.6 Å². The molecule has 0 bridgehead atoms. The minimum absolute atomic E-state index is 0.109. The molecule has 2 nitrogen and oxygen atoms in total.